The molecule has 0 amide bonds. The lowest BCUT2D eigenvalue weighted by molar-refractivity contribution is -0.138. The largest absolute Gasteiger partial charge is 0.416 e. The van der Waals surface area contributed by atoms with Gasteiger partial charge in [0, 0.05) is 11.4 Å². The predicted octanol–water partition coefficient (Wildman–Crippen LogP) is 6.01. The van der Waals surface area contributed by atoms with Gasteiger partial charge >= 0.3 is 13.8 Å². The minimum atomic E-state index is -4.48. The van der Waals surface area contributed by atoms with Crippen molar-refractivity contribution in [2.45, 2.75) is 49.7 Å². The molecule has 0 aromatic heterocycles. The third-order valence-electron chi connectivity index (χ3n) is 4.80. The second-order valence-corrected chi connectivity index (χ2v) is 10.5. The smallest absolute Gasteiger partial charge is 0.324 e. The van der Waals surface area contributed by atoms with E-state index in [1.54, 1.807) is 18.2 Å². The molecule has 0 heterocycles. The summed E-state index contributed by atoms with van der Waals surface area (Å²) in [4.78, 5) is 18.2. The van der Waals surface area contributed by atoms with Crippen LogP contribution < -0.4 is 5.32 Å². The van der Waals surface area contributed by atoms with E-state index in [9.17, 15) is 22.1 Å². The fourth-order valence-electron chi connectivity index (χ4n) is 3.15. The van der Waals surface area contributed by atoms with Crippen molar-refractivity contribution < 1.29 is 31.9 Å². The first kappa shape index (κ1) is 26.9. The fraction of sp³-hybridized carbons (Fsp3) is 0.455. The van der Waals surface area contributed by atoms with Crippen LogP contribution >= 0.6 is 19.4 Å². The average molecular weight is 494 g/mol. The summed E-state index contributed by atoms with van der Waals surface area (Å²) in [6.07, 6.45) is -1.00. The van der Waals surface area contributed by atoms with Gasteiger partial charge in [-0.1, -0.05) is 24.6 Å². The van der Waals surface area contributed by atoms with Gasteiger partial charge in [0.2, 0.25) is 0 Å². The maximum atomic E-state index is 13.5. The topological polar surface area (TPSA) is 69.6 Å². The van der Waals surface area contributed by atoms with Crippen LogP contribution in [-0.2, 0) is 23.7 Å². The summed E-state index contributed by atoms with van der Waals surface area (Å²) < 4.78 is 64.1. The fourth-order valence-corrected chi connectivity index (χ4v) is 4.67. The first-order valence-electron chi connectivity index (χ1n) is 10.4. The quantitative estimate of drug-likeness (QED) is 0.138. The molecule has 0 bridgehead atoms. The molecular weight excluding hydrogens is 465 g/mol. The Morgan fingerprint density at radius 2 is 1.69 bits per heavy atom. The van der Waals surface area contributed by atoms with Gasteiger partial charge in [-0.05, 0) is 73.4 Å². The van der Waals surface area contributed by atoms with Gasteiger partial charge in [-0.3, -0.25) is 4.57 Å². The van der Waals surface area contributed by atoms with Crippen LogP contribution in [-0.4, -0.2) is 28.2 Å². The third kappa shape index (κ3) is 10.5. The van der Waals surface area contributed by atoms with Gasteiger partial charge in [0.05, 0.1) is 11.7 Å². The van der Waals surface area contributed by atoms with Crippen molar-refractivity contribution in [1.29, 1.82) is 0 Å². The number of hydrogen-bond acceptors (Lipinski definition) is 3. The van der Waals surface area contributed by atoms with Crippen molar-refractivity contribution in [3.8, 4) is 0 Å². The SMILES string of the molecule is O=P(O)(O)CCCNCc1ccc(SCCCCCc2ccc(F)cc2)cc1C(F)(F)F. The number of halogens is 4. The average Bonchev–Trinajstić information content (AvgIpc) is 2.70. The number of rotatable bonds is 13. The van der Waals surface area contributed by atoms with Crippen LogP contribution in [0.25, 0.3) is 0 Å². The molecule has 32 heavy (non-hydrogen) atoms. The molecule has 0 atom stereocenters. The van der Waals surface area contributed by atoms with Crippen molar-refractivity contribution in [3.63, 3.8) is 0 Å². The van der Waals surface area contributed by atoms with E-state index >= 15 is 0 Å². The Bertz CT molecular complexity index is 888. The zero-order chi connectivity index (χ0) is 23.6. The summed E-state index contributed by atoms with van der Waals surface area (Å²) in [5, 5.41) is 2.82. The highest BCUT2D eigenvalue weighted by Gasteiger charge is 2.33. The van der Waals surface area contributed by atoms with Crippen LogP contribution in [0.5, 0.6) is 0 Å². The maximum absolute atomic E-state index is 13.5. The first-order valence-corrected chi connectivity index (χ1v) is 13.2. The van der Waals surface area contributed by atoms with Gasteiger partial charge in [-0.25, -0.2) is 4.39 Å². The highest BCUT2D eigenvalue weighted by molar-refractivity contribution is 7.99. The molecule has 0 aliphatic rings. The summed E-state index contributed by atoms with van der Waals surface area (Å²) in [5.74, 6) is 0.450. The van der Waals surface area contributed by atoms with Gasteiger partial charge in [-0.15, -0.1) is 11.8 Å². The Kier molecular flexibility index (Phi) is 10.7. The van der Waals surface area contributed by atoms with Gasteiger partial charge in [0.1, 0.15) is 5.82 Å². The zero-order valence-corrected chi connectivity index (χ0v) is 19.3. The van der Waals surface area contributed by atoms with E-state index in [0.29, 0.717) is 10.6 Å². The van der Waals surface area contributed by atoms with E-state index in [4.69, 9.17) is 9.79 Å². The van der Waals surface area contributed by atoms with Gasteiger partial charge in [-0.2, -0.15) is 13.2 Å². The van der Waals surface area contributed by atoms with Gasteiger partial charge < -0.3 is 15.1 Å². The number of aryl methyl sites for hydroxylation is 1. The Hall–Kier alpha value is -1.38. The van der Waals surface area contributed by atoms with E-state index in [0.717, 1.165) is 37.3 Å². The van der Waals surface area contributed by atoms with Crippen molar-refractivity contribution in [2.24, 2.45) is 0 Å². The molecule has 2 aromatic rings. The predicted molar refractivity (Wildman–Crippen MR) is 119 cm³/mol. The molecule has 2 rings (SSSR count). The molecule has 0 radical (unpaired) electrons. The Labute approximate surface area is 190 Å². The molecule has 4 nitrogen and oxygen atoms in total. The molecule has 0 saturated heterocycles. The van der Waals surface area contributed by atoms with Gasteiger partial charge in [0.15, 0.2) is 0 Å². The van der Waals surface area contributed by atoms with Crippen LogP contribution in [0.15, 0.2) is 47.4 Å². The molecule has 3 N–H and O–H groups in total. The number of nitrogens with one attached hydrogen (secondary N) is 1. The van der Waals surface area contributed by atoms with E-state index in [1.807, 2.05) is 0 Å². The Balaban J connectivity index is 1.78. The summed E-state index contributed by atoms with van der Waals surface area (Å²) in [5.41, 5.74) is 0.485. The molecule has 0 aliphatic heterocycles. The number of hydrogen-bond donors (Lipinski definition) is 3. The lowest BCUT2D eigenvalue weighted by Crippen LogP contribution is -2.19. The molecular formula is C22H28F4NO3PS. The molecule has 10 heteroatoms. The lowest BCUT2D eigenvalue weighted by Gasteiger charge is -2.15. The summed E-state index contributed by atoms with van der Waals surface area (Å²) in [7, 11) is -4.09. The summed E-state index contributed by atoms with van der Waals surface area (Å²) in [6.45, 7) is 0.196. The molecule has 0 fully saturated rings. The van der Waals surface area contributed by atoms with Crippen LogP contribution in [0.2, 0.25) is 0 Å². The van der Waals surface area contributed by atoms with E-state index in [-0.39, 0.29) is 37.1 Å². The van der Waals surface area contributed by atoms with Crippen LogP contribution in [0.1, 0.15) is 42.4 Å². The maximum Gasteiger partial charge on any atom is 0.416 e. The van der Waals surface area contributed by atoms with Crippen molar-refractivity contribution in [3.05, 3.63) is 65.0 Å². The van der Waals surface area contributed by atoms with Crippen molar-refractivity contribution >= 4 is 19.4 Å². The molecule has 0 unspecified atom stereocenters. The van der Waals surface area contributed by atoms with E-state index in [2.05, 4.69) is 5.32 Å². The third-order valence-corrected chi connectivity index (χ3v) is 6.78. The highest BCUT2D eigenvalue weighted by atomic mass is 32.2. The highest BCUT2D eigenvalue weighted by Crippen LogP contribution is 2.36. The number of unbranched alkanes of at least 4 members (excludes halogenated alkanes) is 2. The second-order valence-electron chi connectivity index (χ2n) is 7.52. The normalized spacial score (nSPS) is 12.3. The van der Waals surface area contributed by atoms with Crippen LogP contribution in [0, 0.1) is 5.82 Å². The first-order chi connectivity index (χ1) is 15.0. The second kappa shape index (κ2) is 12.8. The van der Waals surface area contributed by atoms with E-state index < -0.39 is 19.3 Å². The minimum Gasteiger partial charge on any atom is -0.324 e. The number of thioether (sulfide) groups is 1. The van der Waals surface area contributed by atoms with Crippen LogP contribution in [0.3, 0.4) is 0 Å². The monoisotopic (exact) mass is 493 g/mol. The zero-order valence-electron chi connectivity index (χ0n) is 17.6. The summed E-state index contributed by atoms with van der Waals surface area (Å²) >= 11 is 1.39. The molecule has 0 aliphatic carbocycles. The number of alkyl halides is 3. The molecule has 0 spiro atoms. The van der Waals surface area contributed by atoms with Gasteiger partial charge in [0.25, 0.3) is 0 Å². The minimum absolute atomic E-state index is 0.0235. The molecule has 2 aromatic carbocycles. The van der Waals surface area contributed by atoms with Crippen molar-refractivity contribution in [2.75, 3.05) is 18.5 Å². The Morgan fingerprint density at radius 3 is 2.34 bits per heavy atom. The lowest BCUT2D eigenvalue weighted by atomic mass is 10.1. The van der Waals surface area contributed by atoms with E-state index in [1.165, 1.54) is 30.0 Å². The van der Waals surface area contributed by atoms with Crippen molar-refractivity contribution in [1.82, 2.24) is 5.32 Å². The van der Waals surface area contributed by atoms with Crippen LogP contribution in [0.4, 0.5) is 17.6 Å². The summed E-state index contributed by atoms with van der Waals surface area (Å²) in [6, 6.07) is 10.7. The standard InChI is InChI=1S/C22H28F4NO3PS/c23-19-9-6-17(7-10-19)5-2-1-3-14-32-20-11-8-18(21(15-20)22(24,25)26)16-27-12-4-13-31(28,29)30/h6-11,15,27H,1-5,12-14,16H2,(H2,28,29,30). The number of benzene rings is 2. The Morgan fingerprint density at radius 1 is 0.969 bits per heavy atom. The molecule has 0 saturated carbocycles. The molecule has 178 valence electrons.